The first-order chi connectivity index (χ1) is 17.0. The number of aromatic nitrogens is 2. The summed E-state index contributed by atoms with van der Waals surface area (Å²) in [6, 6.07) is 19.4. The predicted molar refractivity (Wildman–Crippen MR) is 130 cm³/mol. The van der Waals surface area contributed by atoms with Crippen molar-refractivity contribution in [2.24, 2.45) is 0 Å². The number of benzene rings is 3. The zero-order valence-corrected chi connectivity index (χ0v) is 19.4. The third-order valence-electron chi connectivity index (χ3n) is 6.19. The third kappa shape index (κ3) is 3.93. The van der Waals surface area contributed by atoms with Crippen molar-refractivity contribution in [3.8, 4) is 11.5 Å². The number of amides is 2. The van der Waals surface area contributed by atoms with Crippen LogP contribution in [-0.4, -0.2) is 40.5 Å². The van der Waals surface area contributed by atoms with Crippen molar-refractivity contribution in [3.05, 3.63) is 99.6 Å². The number of fused-ring (bicyclic) bond motifs is 2. The van der Waals surface area contributed by atoms with E-state index in [0.29, 0.717) is 52.3 Å². The van der Waals surface area contributed by atoms with Gasteiger partial charge in [0.25, 0.3) is 17.4 Å². The molecule has 0 aliphatic carbocycles. The quantitative estimate of drug-likeness (QED) is 0.385. The summed E-state index contributed by atoms with van der Waals surface area (Å²) in [5, 5.41) is 0.478. The van der Waals surface area contributed by atoms with Gasteiger partial charge in [0.05, 0.1) is 42.8 Å². The van der Waals surface area contributed by atoms with Gasteiger partial charge in [-0.15, -0.1) is 0 Å². The zero-order valence-electron chi connectivity index (χ0n) is 19.4. The van der Waals surface area contributed by atoms with Gasteiger partial charge in [0.1, 0.15) is 5.82 Å². The molecule has 0 N–H and O–H groups in total. The van der Waals surface area contributed by atoms with Gasteiger partial charge in [-0.25, -0.2) is 4.98 Å². The lowest BCUT2D eigenvalue weighted by molar-refractivity contribution is 0.0636. The molecule has 0 spiro atoms. The Balaban J connectivity index is 1.51. The lowest BCUT2D eigenvalue weighted by Gasteiger charge is -2.18. The third-order valence-corrected chi connectivity index (χ3v) is 6.19. The fraction of sp³-hybridized carbons (Fsp3) is 0.185. The summed E-state index contributed by atoms with van der Waals surface area (Å²) in [5.41, 5.74) is 1.96. The molecule has 0 unspecified atom stereocenters. The van der Waals surface area contributed by atoms with Gasteiger partial charge in [0, 0.05) is 6.54 Å². The Kier molecular flexibility index (Phi) is 5.78. The largest absolute Gasteiger partial charge is 0.493 e. The summed E-state index contributed by atoms with van der Waals surface area (Å²) in [6.07, 6.45) is 0.509. The summed E-state index contributed by atoms with van der Waals surface area (Å²) >= 11 is 0. The number of para-hydroxylation sites is 1. The Bertz CT molecular complexity index is 1490. The maximum Gasteiger partial charge on any atom is 0.261 e. The number of nitrogens with zero attached hydrogens (tertiary/aromatic N) is 3. The fourth-order valence-corrected chi connectivity index (χ4v) is 4.37. The highest BCUT2D eigenvalue weighted by atomic mass is 16.5. The number of hydrogen-bond acceptors (Lipinski definition) is 6. The Morgan fingerprint density at radius 1 is 0.800 bits per heavy atom. The number of ether oxygens (including phenoxy) is 2. The van der Waals surface area contributed by atoms with Crippen LogP contribution in [0.2, 0.25) is 0 Å². The lowest BCUT2D eigenvalue weighted by Crippen LogP contribution is -2.34. The van der Waals surface area contributed by atoms with E-state index in [1.807, 2.05) is 18.2 Å². The number of imide groups is 1. The van der Waals surface area contributed by atoms with Gasteiger partial charge in [0.15, 0.2) is 11.5 Å². The van der Waals surface area contributed by atoms with Crippen LogP contribution >= 0.6 is 0 Å². The maximum absolute atomic E-state index is 13.4. The van der Waals surface area contributed by atoms with E-state index in [2.05, 4.69) is 4.98 Å². The molecule has 1 aliphatic heterocycles. The Hall–Kier alpha value is -4.46. The maximum atomic E-state index is 13.4. The van der Waals surface area contributed by atoms with Crippen LogP contribution < -0.4 is 15.0 Å². The summed E-state index contributed by atoms with van der Waals surface area (Å²) in [4.78, 5) is 45.2. The van der Waals surface area contributed by atoms with Crippen molar-refractivity contribution in [2.75, 3.05) is 14.2 Å². The van der Waals surface area contributed by atoms with Gasteiger partial charge in [-0.2, -0.15) is 0 Å². The Labute approximate surface area is 201 Å². The molecule has 1 aliphatic rings. The molecule has 35 heavy (non-hydrogen) atoms. The molecule has 5 rings (SSSR count). The Morgan fingerprint density at radius 3 is 2.14 bits per heavy atom. The molecule has 2 heterocycles. The summed E-state index contributed by atoms with van der Waals surface area (Å²) in [7, 11) is 3.14. The van der Waals surface area contributed by atoms with Crippen LogP contribution in [0.3, 0.4) is 0 Å². The van der Waals surface area contributed by atoms with Gasteiger partial charge >= 0.3 is 0 Å². The van der Waals surface area contributed by atoms with Crippen molar-refractivity contribution >= 4 is 22.7 Å². The normalized spacial score (nSPS) is 12.8. The standard InChI is InChI=1S/C27H23N3O5/c1-34-22-12-11-17(15-23(22)35-2)13-14-29-24(28-21-10-6-5-9-20(21)27(29)33)16-30-25(31)18-7-3-4-8-19(18)26(30)32/h3-12,15H,13-14,16H2,1-2H3. The van der Waals surface area contributed by atoms with Crippen LogP contribution in [0.15, 0.2) is 71.5 Å². The van der Waals surface area contributed by atoms with Crippen molar-refractivity contribution in [1.29, 1.82) is 0 Å². The molecule has 4 aromatic rings. The van der Waals surface area contributed by atoms with E-state index in [0.717, 1.165) is 10.5 Å². The molecule has 0 fully saturated rings. The minimum absolute atomic E-state index is 0.0989. The second-order valence-corrected chi connectivity index (χ2v) is 8.18. The number of aryl methyl sites for hydroxylation is 1. The summed E-state index contributed by atoms with van der Waals surface area (Å²) in [6.45, 7) is 0.211. The number of carbonyl (C=O) groups excluding carboxylic acids is 2. The topological polar surface area (TPSA) is 90.7 Å². The molecule has 0 atom stereocenters. The minimum Gasteiger partial charge on any atom is -0.493 e. The highest BCUT2D eigenvalue weighted by molar-refractivity contribution is 6.21. The summed E-state index contributed by atoms with van der Waals surface area (Å²) in [5.74, 6) is 0.787. The van der Waals surface area contributed by atoms with E-state index >= 15 is 0 Å². The molecule has 2 amide bonds. The van der Waals surface area contributed by atoms with Crippen molar-refractivity contribution in [2.45, 2.75) is 19.5 Å². The second kappa shape index (κ2) is 9.06. The van der Waals surface area contributed by atoms with Gasteiger partial charge < -0.3 is 9.47 Å². The SMILES string of the molecule is COc1ccc(CCn2c(CN3C(=O)c4ccccc4C3=O)nc3ccccc3c2=O)cc1OC. The predicted octanol–water partition coefficient (Wildman–Crippen LogP) is 3.45. The fourth-order valence-electron chi connectivity index (χ4n) is 4.37. The first-order valence-corrected chi connectivity index (χ1v) is 11.2. The van der Waals surface area contributed by atoms with Crippen LogP contribution in [0, 0.1) is 0 Å². The second-order valence-electron chi connectivity index (χ2n) is 8.18. The van der Waals surface area contributed by atoms with E-state index in [-0.39, 0.29) is 23.9 Å². The van der Waals surface area contributed by atoms with Crippen molar-refractivity contribution < 1.29 is 19.1 Å². The Morgan fingerprint density at radius 2 is 1.46 bits per heavy atom. The van der Waals surface area contributed by atoms with E-state index in [9.17, 15) is 14.4 Å². The molecule has 3 aromatic carbocycles. The number of carbonyl (C=O) groups is 2. The van der Waals surface area contributed by atoms with Gasteiger partial charge in [0.2, 0.25) is 0 Å². The molecule has 8 nitrogen and oxygen atoms in total. The number of hydrogen-bond donors (Lipinski definition) is 0. The van der Waals surface area contributed by atoms with Gasteiger partial charge in [-0.3, -0.25) is 23.9 Å². The van der Waals surface area contributed by atoms with E-state index in [1.165, 1.54) is 0 Å². The van der Waals surface area contributed by atoms with E-state index < -0.39 is 0 Å². The molecule has 8 heteroatoms. The molecule has 0 saturated heterocycles. The van der Waals surface area contributed by atoms with Crippen molar-refractivity contribution in [3.63, 3.8) is 0 Å². The van der Waals surface area contributed by atoms with Crippen LogP contribution in [0.5, 0.6) is 11.5 Å². The van der Waals surface area contributed by atoms with Crippen LogP contribution in [0.4, 0.5) is 0 Å². The zero-order chi connectivity index (χ0) is 24.5. The first kappa shape index (κ1) is 22.3. The molecule has 0 saturated carbocycles. The minimum atomic E-state index is -0.389. The summed E-state index contributed by atoms with van der Waals surface area (Å²) < 4.78 is 12.2. The molecular weight excluding hydrogens is 446 g/mol. The van der Waals surface area contributed by atoms with Crippen molar-refractivity contribution in [1.82, 2.24) is 14.5 Å². The monoisotopic (exact) mass is 469 g/mol. The van der Waals surface area contributed by atoms with Crippen LogP contribution in [0.1, 0.15) is 32.1 Å². The average molecular weight is 469 g/mol. The lowest BCUT2D eigenvalue weighted by atomic mass is 10.1. The number of rotatable bonds is 7. The highest BCUT2D eigenvalue weighted by Crippen LogP contribution is 2.28. The average Bonchev–Trinajstić information content (AvgIpc) is 3.13. The van der Waals surface area contributed by atoms with Gasteiger partial charge in [-0.1, -0.05) is 30.3 Å². The van der Waals surface area contributed by atoms with E-state index in [4.69, 9.17) is 9.47 Å². The highest BCUT2D eigenvalue weighted by Gasteiger charge is 2.36. The van der Waals surface area contributed by atoms with Crippen LogP contribution in [0.25, 0.3) is 10.9 Å². The smallest absolute Gasteiger partial charge is 0.261 e. The number of methoxy groups -OCH3 is 2. The van der Waals surface area contributed by atoms with E-state index in [1.54, 1.807) is 67.3 Å². The molecule has 1 aromatic heterocycles. The molecule has 0 bridgehead atoms. The van der Waals surface area contributed by atoms with Crippen LogP contribution in [-0.2, 0) is 19.5 Å². The molecular formula is C27H23N3O5. The first-order valence-electron chi connectivity index (χ1n) is 11.2. The van der Waals surface area contributed by atoms with Gasteiger partial charge in [-0.05, 0) is 48.4 Å². The molecule has 0 radical (unpaired) electrons. The molecule has 176 valence electrons.